The number of thioether (sulfide) groups is 1. The summed E-state index contributed by atoms with van der Waals surface area (Å²) in [5, 5.41) is 2.27. The fourth-order valence-electron chi connectivity index (χ4n) is 2.48. The quantitative estimate of drug-likeness (QED) is 0.603. The van der Waals surface area contributed by atoms with Crippen molar-refractivity contribution in [2.75, 3.05) is 50.5 Å². The van der Waals surface area contributed by atoms with Gasteiger partial charge in [0.1, 0.15) is 5.37 Å². The van der Waals surface area contributed by atoms with Crippen LogP contribution in [0.1, 0.15) is 6.42 Å². The van der Waals surface area contributed by atoms with Crippen LogP contribution in [-0.4, -0.2) is 85.9 Å². The Hall–Kier alpha value is -0.800. The number of hydrogen-bond acceptors (Lipinski definition) is 6. The van der Waals surface area contributed by atoms with Crippen molar-refractivity contribution in [1.29, 1.82) is 0 Å². The number of carbonyl (C=O) groups excluding carboxylic acids is 2. The maximum atomic E-state index is 12.4. The van der Waals surface area contributed by atoms with E-state index in [0.29, 0.717) is 37.7 Å². The Morgan fingerprint density at radius 3 is 2.62 bits per heavy atom. The van der Waals surface area contributed by atoms with Crippen molar-refractivity contribution >= 4 is 33.4 Å². The summed E-state index contributed by atoms with van der Waals surface area (Å²) in [6.07, 6.45) is 1.91. The van der Waals surface area contributed by atoms with E-state index in [2.05, 4.69) is 5.32 Å². The van der Waals surface area contributed by atoms with Gasteiger partial charge in [-0.3, -0.25) is 9.59 Å². The van der Waals surface area contributed by atoms with Crippen LogP contribution in [0, 0.1) is 0 Å². The molecule has 0 aromatic carbocycles. The maximum Gasteiger partial charge on any atom is 0.313 e. The van der Waals surface area contributed by atoms with Crippen molar-refractivity contribution in [3.05, 3.63) is 0 Å². The molecule has 2 aliphatic rings. The van der Waals surface area contributed by atoms with E-state index >= 15 is 0 Å². The van der Waals surface area contributed by atoms with Gasteiger partial charge in [-0.25, -0.2) is 8.42 Å². The summed E-state index contributed by atoms with van der Waals surface area (Å²) in [6, 6.07) is 0. The lowest BCUT2D eigenvalue weighted by molar-refractivity contribution is -0.152. The number of carbonyl (C=O) groups is 2. The molecule has 2 heterocycles. The highest BCUT2D eigenvalue weighted by Gasteiger charge is 2.38. The van der Waals surface area contributed by atoms with Gasteiger partial charge in [0.2, 0.25) is 0 Å². The van der Waals surface area contributed by atoms with Crippen LogP contribution >= 0.6 is 11.8 Å². The Bertz CT molecular complexity index is 501. The van der Waals surface area contributed by atoms with E-state index in [1.54, 1.807) is 0 Å². The molecule has 2 aliphatic heterocycles. The molecule has 0 saturated carbocycles. The van der Waals surface area contributed by atoms with Crippen LogP contribution in [0.5, 0.6) is 0 Å². The normalized spacial score (nSPS) is 24.5. The summed E-state index contributed by atoms with van der Waals surface area (Å²) in [7, 11) is -3.39. The smallest absolute Gasteiger partial charge is 0.313 e. The van der Waals surface area contributed by atoms with Gasteiger partial charge < -0.3 is 15.1 Å². The number of hydrogen-bond donors (Lipinski definition) is 1. The molecule has 0 aromatic heterocycles. The fourth-order valence-corrected chi connectivity index (χ4v) is 5.29. The number of sulfone groups is 1. The Morgan fingerprint density at radius 2 is 1.90 bits per heavy atom. The Labute approximate surface area is 129 Å². The van der Waals surface area contributed by atoms with Crippen LogP contribution in [0.15, 0.2) is 0 Å². The van der Waals surface area contributed by atoms with Gasteiger partial charge >= 0.3 is 11.8 Å². The summed E-state index contributed by atoms with van der Waals surface area (Å²) >= 11 is 1.49. The van der Waals surface area contributed by atoms with Gasteiger partial charge in [-0.05, 0) is 13.0 Å². The highest BCUT2D eigenvalue weighted by Crippen LogP contribution is 2.21. The average Bonchev–Trinajstić information content (AvgIpc) is 2.74. The maximum absolute atomic E-state index is 12.4. The molecule has 2 fully saturated rings. The third kappa shape index (κ3) is 4.10. The van der Waals surface area contributed by atoms with E-state index in [1.165, 1.54) is 21.6 Å². The van der Waals surface area contributed by atoms with Crippen LogP contribution in [0.25, 0.3) is 0 Å². The van der Waals surface area contributed by atoms with E-state index in [4.69, 9.17) is 0 Å². The molecule has 0 bridgehead atoms. The average molecular weight is 335 g/mol. The molecule has 0 radical (unpaired) electrons. The van der Waals surface area contributed by atoms with Gasteiger partial charge in [-0.1, -0.05) is 0 Å². The lowest BCUT2D eigenvalue weighted by atomic mass is 10.3. The van der Waals surface area contributed by atoms with E-state index in [-0.39, 0.29) is 0 Å². The third-order valence-electron chi connectivity index (χ3n) is 3.65. The molecule has 0 spiro atoms. The first-order valence-corrected chi connectivity index (χ1v) is 10.1. The summed E-state index contributed by atoms with van der Waals surface area (Å²) in [4.78, 5) is 27.5. The predicted molar refractivity (Wildman–Crippen MR) is 81.7 cm³/mol. The topological polar surface area (TPSA) is 86.8 Å². The third-order valence-corrected chi connectivity index (χ3v) is 6.29. The van der Waals surface area contributed by atoms with E-state index in [1.807, 2.05) is 0 Å². The minimum atomic E-state index is -3.39. The molecule has 2 saturated heterocycles. The number of rotatable bonds is 1. The minimum absolute atomic E-state index is 0.305. The summed E-state index contributed by atoms with van der Waals surface area (Å²) in [6.45, 7) is 2.80. The van der Waals surface area contributed by atoms with Crippen LogP contribution in [-0.2, 0) is 19.4 Å². The van der Waals surface area contributed by atoms with Crippen LogP contribution in [0.2, 0.25) is 0 Å². The molecule has 0 aliphatic carbocycles. The van der Waals surface area contributed by atoms with Crippen molar-refractivity contribution in [3.8, 4) is 0 Å². The largest absolute Gasteiger partial charge is 0.333 e. The molecule has 2 amide bonds. The van der Waals surface area contributed by atoms with Crippen LogP contribution in [0.3, 0.4) is 0 Å². The molecule has 1 atom stereocenters. The zero-order chi connectivity index (χ0) is 15.5. The van der Waals surface area contributed by atoms with E-state index in [9.17, 15) is 18.0 Å². The molecule has 1 N–H and O–H groups in total. The summed E-state index contributed by atoms with van der Waals surface area (Å²) in [5.41, 5.74) is 0. The fraction of sp³-hybridized carbons (Fsp3) is 0.833. The molecule has 21 heavy (non-hydrogen) atoms. The second kappa shape index (κ2) is 6.97. The molecule has 120 valence electrons. The lowest BCUT2D eigenvalue weighted by Gasteiger charge is -2.34. The summed E-state index contributed by atoms with van der Waals surface area (Å²) < 4.78 is 23.6. The van der Waals surface area contributed by atoms with Gasteiger partial charge in [0.25, 0.3) is 0 Å². The molecule has 0 aromatic rings. The standard InChI is InChI=1S/C12H21N3O4S2/c1-21(18,19)10-9-20-8-7-15(10)12(17)11(16)14-5-2-3-13-4-6-14/h10,13H,2-9H2,1H3. The van der Waals surface area contributed by atoms with Crippen LogP contribution in [0.4, 0.5) is 0 Å². The van der Waals surface area contributed by atoms with Crippen molar-refractivity contribution < 1.29 is 18.0 Å². The minimum Gasteiger partial charge on any atom is -0.333 e. The number of nitrogens with zero attached hydrogens (tertiary/aromatic N) is 2. The number of amides is 2. The highest BCUT2D eigenvalue weighted by atomic mass is 32.2. The van der Waals surface area contributed by atoms with E-state index in [0.717, 1.165) is 19.2 Å². The highest BCUT2D eigenvalue weighted by molar-refractivity contribution is 8.00. The van der Waals surface area contributed by atoms with Gasteiger partial charge in [0.15, 0.2) is 9.84 Å². The Kier molecular flexibility index (Phi) is 5.50. The van der Waals surface area contributed by atoms with Crippen molar-refractivity contribution in [1.82, 2.24) is 15.1 Å². The number of nitrogens with one attached hydrogen (secondary N) is 1. The Balaban J connectivity index is 2.10. The van der Waals surface area contributed by atoms with Gasteiger partial charge in [0, 0.05) is 43.9 Å². The first-order valence-electron chi connectivity index (χ1n) is 6.98. The van der Waals surface area contributed by atoms with Gasteiger partial charge in [-0.15, -0.1) is 0 Å². The van der Waals surface area contributed by atoms with Crippen molar-refractivity contribution in [2.45, 2.75) is 11.8 Å². The zero-order valence-electron chi connectivity index (χ0n) is 12.1. The SMILES string of the molecule is CS(=O)(=O)C1CSCCN1C(=O)C(=O)N1CCCNCC1. The molecule has 2 rings (SSSR count). The Morgan fingerprint density at radius 1 is 1.14 bits per heavy atom. The molecule has 7 nitrogen and oxygen atoms in total. The molecular weight excluding hydrogens is 314 g/mol. The second-order valence-electron chi connectivity index (χ2n) is 5.25. The van der Waals surface area contributed by atoms with Crippen molar-refractivity contribution in [2.24, 2.45) is 0 Å². The zero-order valence-corrected chi connectivity index (χ0v) is 13.7. The van der Waals surface area contributed by atoms with Gasteiger partial charge in [0.05, 0.1) is 0 Å². The first-order chi connectivity index (χ1) is 9.91. The lowest BCUT2D eigenvalue weighted by Crippen LogP contribution is -2.55. The predicted octanol–water partition coefficient (Wildman–Crippen LogP) is -1.25. The monoisotopic (exact) mass is 335 g/mol. The van der Waals surface area contributed by atoms with E-state index < -0.39 is 27.0 Å². The summed E-state index contributed by atoms with van der Waals surface area (Å²) in [5.74, 6) is -0.279. The molecule has 9 heteroatoms. The second-order valence-corrected chi connectivity index (χ2v) is 8.61. The van der Waals surface area contributed by atoms with Crippen molar-refractivity contribution in [3.63, 3.8) is 0 Å². The van der Waals surface area contributed by atoms with Gasteiger partial charge in [-0.2, -0.15) is 11.8 Å². The molecule has 1 unspecified atom stereocenters. The molecular formula is C12H21N3O4S2. The first kappa shape index (κ1) is 16.6. The van der Waals surface area contributed by atoms with Crippen LogP contribution < -0.4 is 5.32 Å².